The third-order valence-corrected chi connectivity index (χ3v) is 5.32. The van der Waals surface area contributed by atoms with Gasteiger partial charge in [0.15, 0.2) is 5.17 Å². The van der Waals surface area contributed by atoms with Crippen molar-refractivity contribution < 1.29 is 4.79 Å². The maximum absolute atomic E-state index is 11.4. The maximum atomic E-state index is 11.4. The molecule has 6 heteroatoms. The first-order chi connectivity index (χ1) is 11.7. The number of aromatic nitrogens is 2. The molecule has 0 N–H and O–H groups in total. The Morgan fingerprint density at radius 3 is 3.00 bits per heavy atom. The van der Waals surface area contributed by atoms with Crippen molar-refractivity contribution in [2.45, 2.75) is 11.1 Å². The molecule has 2 aromatic heterocycles. The fraction of sp³-hybridized carbons (Fsp3) is 0.167. The number of anilines is 1. The zero-order chi connectivity index (χ0) is 16.7. The molecule has 0 radical (unpaired) electrons. The van der Waals surface area contributed by atoms with Crippen molar-refractivity contribution in [2.24, 2.45) is 12.0 Å². The van der Waals surface area contributed by atoms with Crippen LogP contribution >= 0.6 is 11.8 Å². The van der Waals surface area contributed by atoms with Crippen molar-refractivity contribution in [1.82, 2.24) is 9.55 Å². The highest BCUT2D eigenvalue weighted by molar-refractivity contribution is 8.14. The Balaban J connectivity index is 1.72. The van der Waals surface area contributed by atoms with E-state index in [9.17, 15) is 4.79 Å². The van der Waals surface area contributed by atoms with Crippen LogP contribution < -0.4 is 4.90 Å². The summed E-state index contributed by atoms with van der Waals surface area (Å²) in [5.41, 5.74) is 3.08. The third-order valence-electron chi connectivity index (χ3n) is 4.23. The number of pyridine rings is 1. The lowest BCUT2D eigenvalue weighted by Gasteiger charge is -2.26. The molecule has 120 valence electrons. The van der Waals surface area contributed by atoms with Gasteiger partial charge in [0.1, 0.15) is 17.4 Å². The van der Waals surface area contributed by atoms with Gasteiger partial charge >= 0.3 is 0 Å². The van der Waals surface area contributed by atoms with Gasteiger partial charge in [0.05, 0.1) is 0 Å². The lowest BCUT2D eigenvalue weighted by atomic mass is 10.1. The van der Waals surface area contributed by atoms with Gasteiger partial charge in [-0.1, -0.05) is 6.07 Å². The molecular weight excluding hydrogens is 320 g/mol. The Morgan fingerprint density at radius 1 is 1.29 bits per heavy atom. The number of nitrogens with zero attached hydrogens (tertiary/aromatic N) is 4. The molecule has 5 nitrogen and oxygen atoms in total. The smallest absolute Gasteiger partial charge is 0.170 e. The molecule has 0 amide bonds. The lowest BCUT2D eigenvalue weighted by molar-refractivity contribution is -0.109. The van der Waals surface area contributed by atoms with E-state index < -0.39 is 6.04 Å². The van der Waals surface area contributed by atoms with Crippen molar-refractivity contribution in [2.75, 3.05) is 11.9 Å². The van der Waals surface area contributed by atoms with Gasteiger partial charge in [-0.3, -0.25) is 0 Å². The minimum absolute atomic E-state index is 0.493. The van der Waals surface area contributed by atoms with Crippen LogP contribution in [-0.4, -0.2) is 28.1 Å². The van der Waals surface area contributed by atoms with E-state index in [4.69, 9.17) is 0 Å². The van der Waals surface area contributed by atoms with Gasteiger partial charge in [0, 0.05) is 48.6 Å². The van der Waals surface area contributed by atoms with Gasteiger partial charge in [0.2, 0.25) is 0 Å². The van der Waals surface area contributed by atoms with Crippen molar-refractivity contribution in [3.05, 3.63) is 54.4 Å². The predicted octanol–water partition coefficient (Wildman–Crippen LogP) is 3.41. The largest absolute Gasteiger partial charge is 0.351 e. The predicted molar refractivity (Wildman–Crippen MR) is 97.7 cm³/mol. The second-order valence-corrected chi connectivity index (χ2v) is 6.68. The van der Waals surface area contributed by atoms with E-state index in [-0.39, 0.29) is 0 Å². The number of aryl methyl sites for hydroxylation is 1. The summed E-state index contributed by atoms with van der Waals surface area (Å²) in [5, 5.41) is 2.79. The Kier molecular flexibility index (Phi) is 3.61. The molecule has 0 saturated carbocycles. The number of rotatable bonds is 2. The fourth-order valence-corrected chi connectivity index (χ4v) is 3.86. The number of carbonyl (C=O) groups is 1. The van der Waals surface area contributed by atoms with Crippen molar-refractivity contribution in [3.63, 3.8) is 0 Å². The molecule has 0 bridgehead atoms. The number of benzene rings is 1. The fourth-order valence-electron chi connectivity index (χ4n) is 2.86. The normalized spacial score (nSPS) is 16.6. The number of carbonyl (C=O) groups excluding carboxylic acids is 1. The Labute approximate surface area is 144 Å². The van der Waals surface area contributed by atoms with Crippen LogP contribution in [0.2, 0.25) is 0 Å². The molecule has 3 aromatic rings. The van der Waals surface area contributed by atoms with Crippen LogP contribution in [0.3, 0.4) is 0 Å². The second-order valence-electron chi connectivity index (χ2n) is 5.72. The highest BCUT2D eigenvalue weighted by Crippen LogP contribution is 2.35. The second kappa shape index (κ2) is 5.79. The molecule has 1 aromatic carbocycles. The van der Waals surface area contributed by atoms with Crippen LogP contribution in [0.1, 0.15) is 11.6 Å². The molecule has 1 unspecified atom stereocenters. The first-order valence-electron chi connectivity index (χ1n) is 7.62. The summed E-state index contributed by atoms with van der Waals surface area (Å²) in [6, 6.07) is 11.6. The van der Waals surface area contributed by atoms with E-state index in [0.717, 1.165) is 27.7 Å². The first-order valence-corrected chi connectivity index (χ1v) is 8.43. The molecule has 3 heterocycles. The molecule has 0 saturated heterocycles. The standard InChI is InChI=1S/C18H16N4OS/c1-21-9-7-12-10-13(5-6-16(12)21)22(2)18-20-15(11-23)14-4-3-8-19-17(14)24-18/h3-11,15H,1-2H3. The topological polar surface area (TPSA) is 50.5 Å². The van der Waals surface area contributed by atoms with Crippen LogP contribution in [0.15, 0.2) is 58.8 Å². The zero-order valence-corrected chi connectivity index (χ0v) is 14.2. The van der Waals surface area contributed by atoms with Gasteiger partial charge in [-0.25, -0.2) is 9.98 Å². The van der Waals surface area contributed by atoms with E-state index in [2.05, 4.69) is 38.8 Å². The number of hydrogen-bond donors (Lipinski definition) is 0. The van der Waals surface area contributed by atoms with Gasteiger partial charge in [-0.15, -0.1) is 0 Å². The Morgan fingerprint density at radius 2 is 2.17 bits per heavy atom. The molecule has 1 aliphatic rings. The van der Waals surface area contributed by atoms with Crippen LogP contribution in [0.25, 0.3) is 10.9 Å². The molecule has 0 fully saturated rings. The average molecular weight is 336 g/mol. The Bertz CT molecular complexity index is 963. The van der Waals surface area contributed by atoms with Crippen LogP contribution in [-0.2, 0) is 11.8 Å². The minimum Gasteiger partial charge on any atom is -0.351 e. The molecule has 0 spiro atoms. The number of fused-ring (bicyclic) bond motifs is 2. The SMILES string of the molecule is CN(C1=NC(C=O)c2cccnc2S1)c1ccc2c(ccn2C)c1. The summed E-state index contributed by atoms with van der Waals surface area (Å²) in [4.78, 5) is 22.4. The monoisotopic (exact) mass is 336 g/mol. The quantitative estimate of drug-likeness (QED) is 0.673. The van der Waals surface area contributed by atoms with Gasteiger partial charge in [-0.05, 0) is 42.1 Å². The number of amidine groups is 1. The van der Waals surface area contributed by atoms with Crippen LogP contribution in [0.4, 0.5) is 5.69 Å². The third kappa shape index (κ3) is 2.39. The van der Waals surface area contributed by atoms with Gasteiger partial charge < -0.3 is 14.3 Å². The molecule has 1 aliphatic heterocycles. The molecule has 4 rings (SSSR count). The zero-order valence-electron chi connectivity index (χ0n) is 13.4. The summed E-state index contributed by atoms with van der Waals surface area (Å²) >= 11 is 1.49. The van der Waals surface area contributed by atoms with Crippen molar-refractivity contribution >= 4 is 39.8 Å². The Hall–Kier alpha value is -2.60. The first kappa shape index (κ1) is 15.0. The van der Waals surface area contributed by atoms with Gasteiger partial charge in [-0.2, -0.15) is 0 Å². The maximum Gasteiger partial charge on any atom is 0.170 e. The number of thioether (sulfide) groups is 1. The van der Waals surface area contributed by atoms with E-state index in [0.29, 0.717) is 0 Å². The summed E-state index contributed by atoms with van der Waals surface area (Å²) in [6.45, 7) is 0. The van der Waals surface area contributed by atoms with E-state index >= 15 is 0 Å². The molecule has 0 aliphatic carbocycles. The summed E-state index contributed by atoms with van der Waals surface area (Å²) in [6.07, 6.45) is 4.66. The lowest BCUT2D eigenvalue weighted by Crippen LogP contribution is -2.27. The number of aliphatic imine (C=N–C) groups is 1. The highest BCUT2D eigenvalue weighted by atomic mass is 32.2. The van der Waals surface area contributed by atoms with Crippen molar-refractivity contribution in [1.29, 1.82) is 0 Å². The molecule has 24 heavy (non-hydrogen) atoms. The number of aldehydes is 1. The van der Waals surface area contributed by atoms with Crippen molar-refractivity contribution in [3.8, 4) is 0 Å². The average Bonchev–Trinajstić information content (AvgIpc) is 3.00. The minimum atomic E-state index is -0.493. The molecule has 1 atom stereocenters. The molecular formula is C18H16N4OS. The van der Waals surface area contributed by atoms with Crippen LogP contribution in [0.5, 0.6) is 0 Å². The summed E-state index contributed by atoms with van der Waals surface area (Å²) in [5.74, 6) is 0. The van der Waals surface area contributed by atoms with E-state index in [1.165, 1.54) is 22.7 Å². The van der Waals surface area contributed by atoms with Crippen LogP contribution in [0, 0.1) is 0 Å². The van der Waals surface area contributed by atoms with Gasteiger partial charge in [0.25, 0.3) is 0 Å². The van der Waals surface area contributed by atoms with E-state index in [1.54, 1.807) is 6.20 Å². The summed E-state index contributed by atoms with van der Waals surface area (Å²) in [7, 11) is 4.00. The number of hydrogen-bond acceptors (Lipinski definition) is 5. The van der Waals surface area contributed by atoms with E-state index in [1.807, 2.05) is 37.3 Å². The summed E-state index contributed by atoms with van der Waals surface area (Å²) < 4.78 is 2.09. The highest BCUT2D eigenvalue weighted by Gasteiger charge is 2.25.